The number of nitrogens with one attached hydrogen (secondary N) is 1. The van der Waals surface area contributed by atoms with Gasteiger partial charge >= 0.3 is 0 Å². The minimum atomic E-state index is -0.159. The van der Waals surface area contributed by atoms with Crippen LogP contribution in [0.1, 0.15) is 34.6 Å². The van der Waals surface area contributed by atoms with Crippen molar-refractivity contribution in [1.82, 2.24) is 9.78 Å². The van der Waals surface area contributed by atoms with Crippen LogP contribution in [-0.2, 0) is 4.79 Å². The van der Waals surface area contributed by atoms with E-state index in [4.69, 9.17) is 9.47 Å². The van der Waals surface area contributed by atoms with E-state index in [1.165, 1.54) is 5.56 Å². The molecule has 1 aliphatic rings. The third kappa shape index (κ3) is 2.91. The number of aryl methyl sites for hydroxylation is 2. The molecule has 144 valence electrons. The smallest absolute Gasteiger partial charge is 0.226 e. The van der Waals surface area contributed by atoms with Crippen molar-refractivity contribution < 1.29 is 14.3 Å². The average Bonchev–Trinajstić information content (AvgIpc) is 3.10. The van der Waals surface area contributed by atoms with Gasteiger partial charge in [0.05, 0.1) is 26.1 Å². The normalized spacial score (nSPS) is 15.7. The Hall–Kier alpha value is -3.28. The molecule has 1 unspecified atom stereocenters. The van der Waals surface area contributed by atoms with Gasteiger partial charge in [0.15, 0.2) is 11.5 Å². The lowest BCUT2D eigenvalue weighted by atomic mass is 9.86. The summed E-state index contributed by atoms with van der Waals surface area (Å²) in [6.07, 6.45) is 2.16. The first-order valence-corrected chi connectivity index (χ1v) is 9.19. The van der Waals surface area contributed by atoms with Gasteiger partial charge in [-0.15, -0.1) is 0 Å². The second-order valence-corrected chi connectivity index (χ2v) is 7.04. The van der Waals surface area contributed by atoms with E-state index in [0.717, 1.165) is 22.4 Å². The van der Waals surface area contributed by atoms with Crippen molar-refractivity contribution in [2.24, 2.45) is 0 Å². The molecule has 4 rings (SSSR count). The second kappa shape index (κ2) is 7.03. The fourth-order valence-corrected chi connectivity index (χ4v) is 3.91. The number of aromatic nitrogens is 2. The van der Waals surface area contributed by atoms with E-state index in [1.807, 2.05) is 43.5 Å². The Morgan fingerprint density at radius 1 is 1.11 bits per heavy atom. The molecular weight excluding hydrogens is 354 g/mol. The molecule has 0 aliphatic carbocycles. The number of carbonyl (C=O) groups excluding carboxylic acids is 1. The van der Waals surface area contributed by atoms with E-state index < -0.39 is 0 Å². The Balaban J connectivity index is 1.86. The largest absolute Gasteiger partial charge is 0.493 e. The highest BCUT2D eigenvalue weighted by Gasteiger charge is 2.33. The lowest BCUT2D eigenvalue weighted by Crippen LogP contribution is -2.25. The molecule has 0 bridgehead atoms. The third-order valence-electron chi connectivity index (χ3n) is 5.21. The number of benzene rings is 2. The van der Waals surface area contributed by atoms with Crippen LogP contribution in [0.25, 0.3) is 5.69 Å². The van der Waals surface area contributed by atoms with Gasteiger partial charge in [0.25, 0.3) is 0 Å². The monoisotopic (exact) mass is 377 g/mol. The summed E-state index contributed by atoms with van der Waals surface area (Å²) in [7, 11) is 3.23. The third-order valence-corrected chi connectivity index (χ3v) is 5.21. The standard InChI is InChI=1S/C22H23N3O3/c1-13-8-9-18(14(2)10-13)25-22-17(12-23-25)16(11-20(26)24-22)15-6-5-7-19(27-3)21(15)28-4/h5-10,12,16H,11H2,1-4H3,(H,24,26). The summed E-state index contributed by atoms with van der Waals surface area (Å²) < 4.78 is 12.9. The molecule has 1 atom stereocenters. The SMILES string of the molecule is COc1cccc(C2CC(=O)Nc3c2cnn3-c2ccc(C)cc2C)c1OC. The highest BCUT2D eigenvalue weighted by atomic mass is 16.5. The van der Waals surface area contributed by atoms with Crippen LogP contribution in [0.2, 0.25) is 0 Å². The molecule has 28 heavy (non-hydrogen) atoms. The van der Waals surface area contributed by atoms with Crippen LogP contribution in [0.4, 0.5) is 5.82 Å². The summed E-state index contributed by atoms with van der Waals surface area (Å²) in [5.41, 5.74) is 5.11. The Kier molecular flexibility index (Phi) is 4.55. The van der Waals surface area contributed by atoms with Gasteiger partial charge in [0.2, 0.25) is 5.91 Å². The Bertz CT molecular complexity index is 1060. The maximum absolute atomic E-state index is 12.6. The number of rotatable bonds is 4. The van der Waals surface area contributed by atoms with Crippen LogP contribution < -0.4 is 14.8 Å². The lowest BCUT2D eigenvalue weighted by molar-refractivity contribution is -0.116. The Morgan fingerprint density at radius 2 is 1.93 bits per heavy atom. The van der Waals surface area contributed by atoms with Crippen LogP contribution in [-0.4, -0.2) is 29.9 Å². The van der Waals surface area contributed by atoms with Gasteiger partial charge in [0, 0.05) is 23.5 Å². The number of carbonyl (C=O) groups is 1. The molecule has 0 radical (unpaired) electrons. The average molecular weight is 377 g/mol. The summed E-state index contributed by atoms with van der Waals surface area (Å²) in [5, 5.41) is 7.60. The molecule has 1 N–H and O–H groups in total. The van der Waals surface area contributed by atoms with Crippen LogP contribution in [0.5, 0.6) is 11.5 Å². The zero-order valence-corrected chi connectivity index (χ0v) is 16.4. The first-order chi connectivity index (χ1) is 13.5. The quantitative estimate of drug-likeness (QED) is 0.747. The van der Waals surface area contributed by atoms with Crippen LogP contribution in [0.3, 0.4) is 0 Å². The van der Waals surface area contributed by atoms with E-state index in [9.17, 15) is 4.79 Å². The van der Waals surface area contributed by atoms with Crippen molar-refractivity contribution in [3.63, 3.8) is 0 Å². The number of ether oxygens (including phenoxy) is 2. The number of anilines is 1. The molecule has 2 aromatic carbocycles. The lowest BCUT2D eigenvalue weighted by Gasteiger charge is -2.26. The summed E-state index contributed by atoms with van der Waals surface area (Å²) >= 11 is 0. The van der Waals surface area contributed by atoms with Crippen LogP contribution >= 0.6 is 0 Å². The molecule has 0 spiro atoms. The predicted octanol–water partition coefficient (Wildman–Crippen LogP) is 3.98. The molecule has 0 fully saturated rings. The minimum Gasteiger partial charge on any atom is -0.493 e. The van der Waals surface area contributed by atoms with Crippen molar-refractivity contribution in [2.45, 2.75) is 26.2 Å². The van der Waals surface area contributed by atoms with E-state index in [-0.39, 0.29) is 11.8 Å². The summed E-state index contributed by atoms with van der Waals surface area (Å²) in [4.78, 5) is 12.6. The molecular formula is C22H23N3O3. The number of fused-ring (bicyclic) bond motifs is 1. The fraction of sp³-hybridized carbons (Fsp3) is 0.273. The summed E-state index contributed by atoms with van der Waals surface area (Å²) in [5.74, 6) is 1.80. The van der Waals surface area contributed by atoms with Crippen molar-refractivity contribution >= 4 is 11.7 Å². The highest BCUT2D eigenvalue weighted by Crippen LogP contribution is 2.44. The second-order valence-electron chi connectivity index (χ2n) is 7.04. The van der Waals surface area contributed by atoms with Gasteiger partial charge in [-0.25, -0.2) is 4.68 Å². The van der Waals surface area contributed by atoms with Gasteiger partial charge in [-0.05, 0) is 31.5 Å². The van der Waals surface area contributed by atoms with Gasteiger partial charge in [-0.1, -0.05) is 29.8 Å². The van der Waals surface area contributed by atoms with Gasteiger partial charge in [-0.2, -0.15) is 5.10 Å². The van der Waals surface area contributed by atoms with E-state index in [2.05, 4.69) is 23.4 Å². The first kappa shape index (κ1) is 18.1. The fourth-order valence-electron chi connectivity index (χ4n) is 3.91. The number of para-hydroxylation sites is 1. The van der Waals surface area contributed by atoms with E-state index in [1.54, 1.807) is 18.9 Å². The maximum Gasteiger partial charge on any atom is 0.226 e. The molecule has 1 aliphatic heterocycles. The van der Waals surface area contributed by atoms with Crippen molar-refractivity contribution in [1.29, 1.82) is 0 Å². The van der Waals surface area contributed by atoms with E-state index in [0.29, 0.717) is 23.7 Å². The number of hydrogen-bond donors (Lipinski definition) is 1. The van der Waals surface area contributed by atoms with Gasteiger partial charge < -0.3 is 14.8 Å². The Morgan fingerprint density at radius 3 is 2.64 bits per heavy atom. The first-order valence-electron chi connectivity index (χ1n) is 9.19. The van der Waals surface area contributed by atoms with Gasteiger partial charge in [-0.3, -0.25) is 4.79 Å². The van der Waals surface area contributed by atoms with Crippen molar-refractivity contribution in [3.8, 4) is 17.2 Å². The van der Waals surface area contributed by atoms with E-state index >= 15 is 0 Å². The minimum absolute atomic E-state index is 0.0473. The summed E-state index contributed by atoms with van der Waals surface area (Å²) in [6, 6.07) is 11.9. The molecule has 6 nitrogen and oxygen atoms in total. The molecule has 1 aromatic heterocycles. The zero-order chi connectivity index (χ0) is 19.8. The zero-order valence-electron chi connectivity index (χ0n) is 16.4. The molecule has 2 heterocycles. The maximum atomic E-state index is 12.6. The topological polar surface area (TPSA) is 65.4 Å². The number of nitrogens with zero attached hydrogens (tertiary/aromatic N) is 2. The molecule has 3 aromatic rings. The highest BCUT2D eigenvalue weighted by molar-refractivity contribution is 5.95. The molecule has 0 saturated heterocycles. The van der Waals surface area contributed by atoms with Crippen LogP contribution in [0, 0.1) is 13.8 Å². The number of hydrogen-bond acceptors (Lipinski definition) is 4. The van der Waals surface area contributed by atoms with Crippen molar-refractivity contribution in [2.75, 3.05) is 19.5 Å². The molecule has 6 heteroatoms. The molecule has 1 amide bonds. The molecule has 0 saturated carbocycles. The summed E-state index contributed by atoms with van der Waals surface area (Å²) in [6.45, 7) is 4.10. The number of methoxy groups -OCH3 is 2. The predicted molar refractivity (Wildman–Crippen MR) is 108 cm³/mol. The van der Waals surface area contributed by atoms with Gasteiger partial charge in [0.1, 0.15) is 5.82 Å². The number of amides is 1. The van der Waals surface area contributed by atoms with Crippen LogP contribution in [0.15, 0.2) is 42.6 Å². The van der Waals surface area contributed by atoms with Crippen molar-refractivity contribution in [3.05, 3.63) is 64.8 Å². The Labute approximate surface area is 164 Å².